The highest BCUT2D eigenvalue weighted by Crippen LogP contribution is 2.46. The first-order chi connectivity index (χ1) is 16.1. The third-order valence-electron chi connectivity index (χ3n) is 6.45. The number of rotatable bonds is 5. The Morgan fingerprint density at radius 3 is 2.59 bits per heavy atom. The van der Waals surface area contributed by atoms with E-state index in [1.807, 2.05) is 0 Å². The lowest BCUT2D eigenvalue weighted by molar-refractivity contribution is -0.286. The van der Waals surface area contributed by atoms with Gasteiger partial charge in [0.1, 0.15) is 0 Å². The van der Waals surface area contributed by atoms with Gasteiger partial charge in [-0.25, -0.2) is 13.4 Å². The third kappa shape index (κ3) is 3.16. The van der Waals surface area contributed by atoms with Gasteiger partial charge in [0.05, 0.1) is 18.0 Å². The van der Waals surface area contributed by atoms with Crippen molar-refractivity contribution in [3.63, 3.8) is 0 Å². The number of alkyl halides is 2. The second-order valence-electron chi connectivity index (χ2n) is 8.73. The van der Waals surface area contributed by atoms with Crippen LogP contribution in [0.3, 0.4) is 0 Å². The summed E-state index contributed by atoms with van der Waals surface area (Å²) in [6.07, 6.45) is -1.75. The first-order valence-corrected chi connectivity index (χ1v) is 12.5. The van der Waals surface area contributed by atoms with Crippen molar-refractivity contribution in [1.29, 1.82) is 0 Å². The van der Waals surface area contributed by atoms with Crippen molar-refractivity contribution in [1.82, 2.24) is 9.55 Å². The van der Waals surface area contributed by atoms with E-state index in [-0.39, 0.29) is 40.2 Å². The van der Waals surface area contributed by atoms with E-state index in [4.69, 9.17) is 4.84 Å². The summed E-state index contributed by atoms with van der Waals surface area (Å²) < 4.78 is 63.3. The van der Waals surface area contributed by atoms with E-state index in [2.05, 4.69) is 19.6 Å². The quantitative estimate of drug-likeness (QED) is 0.628. The monoisotopic (exact) mass is 494 g/mol. The summed E-state index contributed by atoms with van der Waals surface area (Å²) in [5.41, 5.74) is 1.45. The Bertz CT molecular complexity index is 1380. The lowest BCUT2D eigenvalue weighted by atomic mass is 10.1. The van der Waals surface area contributed by atoms with Gasteiger partial charge in [-0.2, -0.15) is 0 Å². The maximum atomic E-state index is 13.4. The normalized spacial score (nSPS) is 22.7. The molecular weight excluding hydrogens is 474 g/mol. The number of halogens is 2. The molecule has 1 aliphatic carbocycles. The van der Waals surface area contributed by atoms with Crippen LogP contribution in [-0.2, 0) is 28.3 Å². The summed E-state index contributed by atoms with van der Waals surface area (Å²) in [6.45, 7) is 1.44. The molecule has 2 aromatic rings. The van der Waals surface area contributed by atoms with Gasteiger partial charge in [0.25, 0.3) is 5.91 Å². The molecule has 0 N–H and O–H groups in total. The van der Waals surface area contributed by atoms with E-state index >= 15 is 0 Å². The lowest BCUT2D eigenvalue weighted by Gasteiger charge is -2.15. The summed E-state index contributed by atoms with van der Waals surface area (Å²) in [6, 6.07) is 2.48. The van der Waals surface area contributed by atoms with Crippen LogP contribution in [0.1, 0.15) is 54.0 Å². The van der Waals surface area contributed by atoms with Crippen LogP contribution in [0.5, 0.6) is 11.5 Å². The maximum Gasteiger partial charge on any atom is 0.586 e. The number of fused-ring (bicyclic) bond motifs is 2. The molecule has 1 unspecified atom stereocenters. The highest BCUT2D eigenvalue weighted by atomic mass is 32.2. The van der Waals surface area contributed by atoms with Crippen molar-refractivity contribution >= 4 is 27.3 Å². The molecular formula is C21H20F2N4O6S. The van der Waals surface area contributed by atoms with Crippen LogP contribution < -0.4 is 14.4 Å². The number of anilines is 1. The van der Waals surface area contributed by atoms with Gasteiger partial charge >= 0.3 is 6.29 Å². The van der Waals surface area contributed by atoms with E-state index < -0.39 is 28.1 Å². The molecule has 1 amide bonds. The standard InChI is InChI=1S/C21H20F2N4O6S/c1-3-34(29,30)20-18(24-17(26(20)2)16-8-13(25-33-16)10-4-5-10)27-9-11-6-14-15(7-12(11)19(27)28)32-21(22,23)31-14/h6-7,10,16H,3-5,8-9H2,1-2H3. The molecule has 13 heteroatoms. The van der Waals surface area contributed by atoms with Crippen LogP contribution in [0.2, 0.25) is 0 Å². The number of aromatic nitrogens is 2. The topological polar surface area (TPSA) is 112 Å². The molecule has 0 saturated heterocycles. The Hall–Kier alpha value is -3.22. The molecule has 1 saturated carbocycles. The van der Waals surface area contributed by atoms with E-state index in [0.29, 0.717) is 23.7 Å². The average Bonchev–Trinajstić information content (AvgIpc) is 3.11. The number of benzene rings is 1. The van der Waals surface area contributed by atoms with Crippen LogP contribution in [0.4, 0.5) is 14.6 Å². The number of hydrogen-bond acceptors (Lipinski definition) is 8. The van der Waals surface area contributed by atoms with Gasteiger partial charge in [0, 0.05) is 24.9 Å². The first-order valence-electron chi connectivity index (χ1n) is 10.8. The number of hydrogen-bond donors (Lipinski definition) is 0. The molecule has 10 nitrogen and oxygen atoms in total. The van der Waals surface area contributed by atoms with Crippen molar-refractivity contribution in [3.8, 4) is 11.5 Å². The second-order valence-corrected chi connectivity index (χ2v) is 10.9. The van der Waals surface area contributed by atoms with E-state index in [0.717, 1.165) is 18.6 Å². The van der Waals surface area contributed by atoms with Crippen LogP contribution >= 0.6 is 0 Å². The highest BCUT2D eigenvalue weighted by Gasteiger charge is 2.46. The molecule has 1 aromatic heterocycles. The van der Waals surface area contributed by atoms with Crippen molar-refractivity contribution in [2.45, 2.75) is 50.2 Å². The summed E-state index contributed by atoms with van der Waals surface area (Å²) in [5.74, 6) is -0.505. The zero-order valence-electron chi connectivity index (χ0n) is 18.2. The fraction of sp³-hybridized carbons (Fsp3) is 0.476. The fourth-order valence-electron chi connectivity index (χ4n) is 4.55. The van der Waals surface area contributed by atoms with Gasteiger partial charge in [-0.05, 0) is 30.5 Å². The smallest absolute Gasteiger partial charge is 0.395 e. The molecule has 34 heavy (non-hydrogen) atoms. The van der Waals surface area contributed by atoms with Crippen LogP contribution in [0.25, 0.3) is 0 Å². The number of ether oxygens (including phenoxy) is 2. The van der Waals surface area contributed by atoms with E-state index in [1.54, 1.807) is 7.05 Å². The minimum Gasteiger partial charge on any atom is -0.395 e. The van der Waals surface area contributed by atoms with E-state index in [1.165, 1.54) is 28.5 Å². The molecule has 1 aromatic carbocycles. The van der Waals surface area contributed by atoms with Crippen molar-refractivity contribution in [2.75, 3.05) is 10.7 Å². The zero-order chi connectivity index (χ0) is 24.0. The van der Waals surface area contributed by atoms with Gasteiger partial charge in [-0.3, -0.25) is 9.69 Å². The fourth-order valence-corrected chi connectivity index (χ4v) is 5.77. The number of carbonyl (C=O) groups excluding carboxylic acids is 1. The summed E-state index contributed by atoms with van der Waals surface area (Å²) in [7, 11) is -2.23. The summed E-state index contributed by atoms with van der Waals surface area (Å²) in [5, 5.41) is 4.04. The minimum absolute atomic E-state index is 0.0312. The third-order valence-corrected chi connectivity index (χ3v) is 8.26. The van der Waals surface area contributed by atoms with Crippen LogP contribution in [-0.4, -0.2) is 41.6 Å². The predicted octanol–water partition coefficient (Wildman–Crippen LogP) is 2.92. The average molecular weight is 494 g/mol. The van der Waals surface area contributed by atoms with Crippen molar-refractivity contribution < 1.29 is 36.3 Å². The van der Waals surface area contributed by atoms with Crippen molar-refractivity contribution in [2.24, 2.45) is 18.1 Å². The Kier molecular flexibility index (Phi) is 4.33. The number of amides is 1. The molecule has 1 fully saturated rings. The number of carbonyl (C=O) groups is 1. The Labute approximate surface area is 193 Å². The zero-order valence-corrected chi connectivity index (χ0v) is 19.1. The molecule has 4 aliphatic rings. The van der Waals surface area contributed by atoms with Gasteiger partial charge in [-0.1, -0.05) is 12.1 Å². The molecule has 0 bridgehead atoms. The maximum absolute atomic E-state index is 13.4. The lowest BCUT2D eigenvalue weighted by Crippen LogP contribution is -2.26. The summed E-state index contributed by atoms with van der Waals surface area (Å²) in [4.78, 5) is 24.6. The van der Waals surface area contributed by atoms with Gasteiger partial charge in [0.15, 0.2) is 44.1 Å². The molecule has 1 atom stereocenters. The highest BCUT2D eigenvalue weighted by molar-refractivity contribution is 7.91. The number of sulfone groups is 1. The number of nitrogens with zero attached hydrogens (tertiary/aromatic N) is 4. The van der Waals surface area contributed by atoms with Gasteiger partial charge in [-0.15, -0.1) is 8.78 Å². The summed E-state index contributed by atoms with van der Waals surface area (Å²) >= 11 is 0. The van der Waals surface area contributed by atoms with Crippen LogP contribution in [0, 0.1) is 5.92 Å². The van der Waals surface area contributed by atoms with Crippen LogP contribution in [0.15, 0.2) is 22.3 Å². The Morgan fingerprint density at radius 1 is 1.21 bits per heavy atom. The molecule has 6 rings (SSSR count). The van der Waals surface area contributed by atoms with Gasteiger partial charge in [0.2, 0.25) is 0 Å². The molecule has 180 valence electrons. The van der Waals surface area contributed by atoms with Crippen molar-refractivity contribution in [3.05, 3.63) is 29.1 Å². The largest absolute Gasteiger partial charge is 0.586 e. The molecule has 0 spiro atoms. The number of oxime groups is 1. The minimum atomic E-state index is -3.80. The SMILES string of the molecule is CCS(=O)(=O)c1c(N2Cc3cc4c(cc3C2=O)OC(F)(F)O4)nc(C2CC(C3CC3)=NO2)n1C. The Morgan fingerprint density at radius 2 is 1.91 bits per heavy atom. The first kappa shape index (κ1) is 21.3. The van der Waals surface area contributed by atoms with Gasteiger partial charge < -0.3 is 18.9 Å². The predicted molar refractivity (Wildman–Crippen MR) is 113 cm³/mol. The second kappa shape index (κ2) is 6.90. The Balaban J connectivity index is 1.39. The molecule has 4 heterocycles. The van der Waals surface area contributed by atoms with E-state index in [9.17, 15) is 22.0 Å². The molecule has 3 aliphatic heterocycles. The molecule has 0 radical (unpaired) electrons. The number of imidazole rings is 1.